The summed E-state index contributed by atoms with van der Waals surface area (Å²) in [5.74, 6) is 0.0916. The van der Waals surface area contributed by atoms with E-state index in [2.05, 4.69) is 15.9 Å². The minimum absolute atomic E-state index is 0.123. The first-order chi connectivity index (χ1) is 6.74. The fourth-order valence-electron chi connectivity index (χ4n) is 0.859. The van der Waals surface area contributed by atoms with Gasteiger partial charge in [0.05, 0.1) is 17.0 Å². The Morgan fingerprint density at radius 2 is 2.21 bits per heavy atom. The molecule has 1 aromatic carbocycles. The molecule has 0 saturated carbocycles. The van der Waals surface area contributed by atoms with Crippen LogP contribution in [0.2, 0.25) is 0 Å². The van der Waals surface area contributed by atoms with Crippen molar-refractivity contribution in [2.75, 3.05) is 0 Å². The SMILES string of the molecule is N#CCCC(=O)Oc1ccccc1Br. The summed E-state index contributed by atoms with van der Waals surface area (Å²) in [5.41, 5.74) is 0. The van der Waals surface area contributed by atoms with E-state index in [-0.39, 0.29) is 12.8 Å². The maximum Gasteiger partial charge on any atom is 0.312 e. The molecular weight excluding hydrogens is 246 g/mol. The number of carbonyl (C=O) groups excluding carboxylic acids is 1. The van der Waals surface area contributed by atoms with E-state index in [9.17, 15) is 4.79 Å². The van der Waals surface area contributed by atoms with E-state index in [0.717, 1.165) is 4.47 Å². The Balaban J connectivity index is 2.57. The maximum absolute atomic E-state index is 11.1. The molecule has 0 heterocycles. The highest BCUT2D eigenvalue weighted by atomic mass is 79.9. The molecule has 0 aromatic heterocycles. The molecule has 1 aromatic rings. The van der Waals surface area contributed by atoms with E-state index in [1.807, 2.05) is 12.1 Å². The van der Waals surface area contributed by atoms with Gasteiger partial charge in [0, 0.05) is 6.42 Å². The average Bonchev–Trinajstić information content (AvgIpc) is 2.18. The Kier molecular flexibility index (Phi) is 4.14. The lowest BCUT2D eigenvalue weighted by Gasteiger charge is -2.03. The van der Waals surface area contributed by atoms with E-state index in [4.69, 9.17) is 10.00 Å². The number of hydrogen-bond acceptors (Lipinski definition) is 3. The fourth-order valence-corrected chi connectivity index (χ4v) is 1.22. The highest BCUT2D eigenvalue weighted by molar-refractivity contribution is 9.10. The van der Waals surface area contributed by atoms with Gasteiger partial charge in [0.25, 0.3) is 0 Å². The minimum Gasteiger partial charge on any atom is -0.425 e. The Morgan fingerprint density at radius 1 is 1.50 bits per heavy atom. The molecule has 0 aliphatic rings. The Labute approximate surface area is 90.4 Å². The van der Waals surface area contributed by atoms with E-state index >= 15 is 0 Å². The van der Waals surface area contributed by atoms with Gasteiger partial charge in [-0.05, 0) is 28.1 Å². The third-order valence-electron chi connectivity index (χ3n) is 1.50. The van der Waals surface area contributed by atoms with Gasteiger partial charge < -0.3 is 4.74 Å². The third kappa shape index (κ3) is 3.19. The summed E-state index contributed by atoms with van der Waals surface area (Å²) in [4.78, 5) is 11.1. The number of ether oxygens (including phenoxy) is 1. The van der Waals surface area contributed by atoms with Crippen LogP contribution in [0.1, 0.15) is 12.8 Å². The summed E-state index contributed by atoms with van der Waals surface area (Å²) in [7, 11) is 0. The number of nitriles is 1. The van der Waals surface area contributed by atoms with Crippen molar-refractivity contribution in [3.05, 3.63) is 28.7 Å². The van der Waals surface area contributed by atoms with Crippen molar-refractivity contribution < 1.29 is 9.53 Å². The molecule has 3 nitrogen and oxygen atoms in total. The largest absolute Gasteiger partial charge is 0.425 e. The summed E-state index contributed by atoms with van der Waals surface area (Å²) in [6.07, 6.45) is 0.307. The van der Waals surface area contributed by atoms with Gasteiger partial charge in [-0.1, -0.05) is 12.1 Å². The third-order valence-corrected chi connectivity index (χ3v) is 2.16. The molecule has 0 bridgehead atoms. The number of para-hydroxylation sites is 1. The van der Waals surface area contributed by atoms with Gasteiger partial charge in [0.15, 0.2) is 0 Å². The first-order valence-corrected chi connectivity index (χ1v) is 4.85. The first-order valence-electron chi connectivity index (χ1n) is 4.06. The molecule has 0 fully saturated rings. The molecule has 0 aliphatic heterocycles. The van der Waals surface area contributed by atoms with Crippen molar-refractivity contribution in [1.29, 1.82) is 5.26 Å². The Bertz CT molecular complexity index is 371. The van der Waals surface area contributed by atoms with Crippen molar-refractivity contribution in [3.8, 4) is 11.8 Å². The molecule has 72 valence electrons. The lowest BCUT2D eigenvalue weighted by Crippen LogP contribution is -2.07. The van der Waals surface area contributed by atoms with Gasteiger partial charge in [-0.15, -0.1) is 0 Å². The molecule has 0 unspecified atom stereocenters. The number of hydrogen-bond donors (Lipinski definition) is 0. The zero-order valence-corrected chi connectivity index (χ0v) is 8.95. The van der Waals surface area contributed by atoms with Crippen LogP contribution in [0.3, 0.4) is 0 Å². The molecule has 4 heteroatoms. The summed E-state index contributed by atoms with van der Waals surface area (Å²) in [5, 5.41) is 8.27. The topological polar surface area (TPSA) is 50.1 Å². The molecule has 0 atom stereocenters. The standard InChI is InChI=1S/C10H8BrNO2/c11-8-4-1-2-5-9(8)14-10(13)6-3-7-12/h1-2,4-5H,3,6H2. The van der Waals surface area contributed by atoms with Crippen LogP contribution < -0.4 is 4.74 Å². The van der Waals surface area contributed by atoms with Crippen molar-refractivity contribution in [1.82, 2.24) is 0 Å². The molecule has 0 N–H and O–H groups in total. The van der Waals surface area contributed by atoms with Crippen LogP contribution in [0, 0.1) is 11.3 Å². The zero-order chi connectivity index (χ0) is 10.4. The van der Waals surface area contributed by atoms with Crippen molar-refractivity contribution in [2.45, 2.75) is 12.8 Å². The van der Waals surface area contributed by atoms with Gasteiger partial charge in [0.1, 0.15) is 5.75 Å². The Morgan fingerprint density at radius 3 is 2.86 bits per heavy atom. The van der Waals surface area contributed by atoms with Crippen LogP contribution in [0.5, 0.6) is 5.75 Å². The normalized spacial score (nSPS) is 9.14. The van der Waals surface area contributed by atoms with Crippen LogP contribution in [0.4, 0.5) is 0 Å². The number of esters is 1. The fraction of sp³-hybridized carbons (Fsp3) is 0.200. The molecule has 0 radical (unpaired) electrons. The van der Waals surface area contributed by atoms with Crippen LogP contribution in [0.15, 0.2) is 28.7 Å². The number of carbonyl (C=O) groups is 1. The molecule has 0 amide bonds. The number of benzene rings is 1. The number of rotatable bonds is 3. The second-order valence-corrected chi connectivity index (χ2v) is 3.42. The van der Waals surface area contributed by atoms with Crippen LogP contribution in [-0.2, 0) is 4.79 Å². The quantitative estimate of drug-likeness (QED) is 0.615. The first kappa shape index (κ1) is 10.7. The lowest BCUT2D eigenvalue weighted by atomic mass is 10.3. The molecule has 1 rings (SSSR count). The summed E-state index contributed by atoms with van der Waals surface area (Å²) in [6.45, 7) is 0. The predicted octanol–water partition coefficient (Wildman–Crippen LogP) is 2.66. The number of nitrogens with zero attached hydrogens (tertiary/aromatic N) is 1. The van der Waals surface area contributed by atoms with Gasteiger partial charge >= 0.3 is 5.97 Å². The molecular formula is C10H8BrNO2. The smallest absolute Gasteiger partial charge is 0.312 e. The lowest BCUT2D eigenvalue weighted by molar-refractivity contribution is -0.134. The summed E-state index contributed by atoms with van der Waals surface area (Å²) < 4.78 is 5.74. The zero-order valence-electron chi connectivity index (χ0n) is 7.37. The van der Waals surface area contributed by atoms with E-state index in [1.165, 1.54) is 0 Å². The van der Waals surface area contributed by atoms with Gasteiger partial charge in [-0.2, -0.15) is 5.26 Å². The van der Waals surface area contributed by atoms with Crippen molar-refractivity contribution in [3.63, 3.8) is 0 Å². The van der Waals surface area contributed by atoms with Crippen LogP contribution in [0.25, 0.3) is 0 Å². The van der Waals surface area contributed by atoms with E-state index in [0.29, 0.717) is 5.75 Å². The highest BCUT2D eigenvalue weighted by Gasteiger charge is 2.06. The van der Waals surface area contributed by atoms with Crippen molar-refractivity contribution in [2.24, 2.45) is 0 Å². The van der Waals surface area contributed by atoms with E-state index < -0.39 is 5.97 Å². The van der Waals surface area contributed by atoms with Gasteiger partial charge in [-0.25, -0.2) is 0 Å². The molecule has 0 spiro atoms. The molecule has 0 aliphatic carbocycles. The molecule has 14 heavy (non-hydrogen) atoms. The van der Waals surface area contributed by atoms with Crippen molar-refractivity contribution >= 4 is 21.9 Å². The predicted molar refractivity (Wildman–Crippen MR) is 54.6 cm³/mol. The Hall–Kier alpha value is -1.34. The minimum atomic E-state index is -0.390. The monoisotopic (exact) mass is 253 g/mol. The highest BCUT2D eigenvalue weighted by Crippen LogP contribution is 2.24. The second kappa shape index (κ2) is 5.40. The summed E-state index contributed by atoms with van der Waals surface area (Å²) >= 11 is 3.25. The van der Waals surface area contributed by atoms with Crippen LogP contribution in [-0.4, -0.2) is 5.97 Å². The van der Waals surface area contributed by atoms with Gasteiger partial charge in [-0.3, -0.25) is 4.79 Å². The number of halogens is 1. The van der Waals surface area contributed by atoms with Gasteiger partial charge in [0.2, 0.25) is 0 Å². The van der Waals surface area contributed by atoms with E-state index in [1.54, 1.807) is 18.2 Å². The second-order valence-electron chi connectivity index (χ2n) is 2.56. The maximum atomic E-state index is 11.1. The van der Waals surface area contributed by atoms with Crippen LogP contribution >= 0.6 is 15.9 Å². The average molecular weight is 254 g/mol. The summed E-state index contributed by atoms with van der Waals surface area (Å²) in [6, 6.07) is 8.97. The molecule has 0 saturated heterocycles.